The van der Waals surface area contributed by atoms with E-state index in [0.29, 0.717) is 12.3 Å². The Balaban J connectivity index is 1.58. The summed E-state index contributed by atoms with van der Waals surface area (Å²) in [5.41, 5.74) is 1.48. The number of halogens is 1. The Morgan fingerprint density at radius 2 is 2.08 bits per heavy atom. The van der Waals surface area contributed by atoms with Gasteiger partial charge >= 0.3 is 0 Å². The van der Waals surface area contributed by atoms with E-state index >= 15 is 0 Å². The molecule has 0 bridgehead atoms. The van der Waals surface area contributed by atoms with Gasteiger partial charge in [-0.05, 0) is 37.7 Å². The Bertz CT molecular complexity index is 726. The highest BCUT2D eigenvalue weighted by molar-refractivity contribution is 7.09. The average Bonchev–Trinajstić information content (AvgIpc) is 3.05. The number of rotatable bonds is 4. The lowest BCUT2D eigenvalue weighted by molar-refractivity contribution is 0.0658. The van der Waals surface area contributed by atoms with Crippen molar-refractivity contribution < 1.29 is 9.53 Å². The first-order valence-electron chi connectivity index (χ1n) is 7.84. The van der Waals surface area contributed by atoms with Crippen LogP contribution >= 0.6 is 22.9 Å². The number of likely N-dealkylation sites (N-methyl/N-ethyl adjacent to an activating group) is 1. The Hall–Kier alpha value is -1.63. The van der Waals surface area contributed by atoms with Crippen molar-refractivity contribution in [3.63, 3.8) is 0 Å². The zero-order chi connectivity index (χ0) is 17.1. The Morgan fingerprint density at radius 3 is 2.79 bits per heavy atom. The van der Waals surface area contributed by atoms with Crippen LogP contribution in [0.5, 0.6) is 5.75 Å². The lowest BCUT2D eigenvalue weighted by atomic mass is 10.2. The molecule has 128 valence electrons. The van der Waals surface area contributed by atoms with Gasteiger partial charge in [0.2, 0.25) is 0 Å². The van der Waals surface area contributed by atoms with Crippen molar-refractivity contribution >= 4 is 28.8 Å². The van der Waals surface area contributed by atoms with E-state index in [0.717, 1.165) is 47.5 Å². The van der Waals surface area contributed by atoms with Gasteiger partial charge in [-0.2, -0.15) is 0 Å². The Kier molecular flexibility index (Phi) is 5.38. The molecule has 1 amide bonds. The number of hydrogen-bond acceptors (Lipinski definition) is 5. The highest BCUT2D eigenvalue weighted by Gasteiger charge is 2.22. The van der Waals surface area contributed by atoms with Gasteiger partial charge in [-0.3, -0.25) is 4.79 Å². The lowest BCUT2D eigenvalue weighted by Crippen LogP contribution is -2.47. The summed E-state index contributed by atoms with van der Waals surface area (Å²) in [4.78, 5) is 21.0. The van der Waals surface area contributed by atoms with Crippen molar-refractivity contribution in [3.05, 3.63) is 44.9 Å². The van der Waals surface area contributed by atoms with Gasteiger partial charge in [0.25, 0.3) is 5.91 Å². The second-order valence-electron chi connectivity index (χ2n) is 5.92. The number of benzene rings is 1. The molecule has 0 radical (unpaired) electrons. The highest BCUT2D eigenvalue weighted by Crippen LogP contribution is 2.22. The van der Waals surface area contributed by atoms with Crippen LogP contribution in [0.1, 0.15) is 21.1 Å². The van der Waals surface area contributed by atoms with Crippen molar-refractivity contribution in [1.82, 2.24) is 14.8 Å². The smallest absolute Gasteiger partial charge is 0.273 e. The van der Waals surface area contributed by atoms with E-state index in [2.05, 4.69) is 16.9 Å². The van der Waals surface area contributed by atoms with Crippen LogP contribution in [0, 0.1) is 6.92 Å². The third-order valence-electron chi connectivity index (χ3n) is 4.05. The summed E-state index contributed by atoms with van der Waals surface area (Å²) < 4.78 is 5.74. The van der Waals surface area contributed by atoms with Crippen LogP contribution in [0.4, 0.5) is 0 Å². The molecule has 0 saturated carbocycles. The van der Waals surface area contributed by atoms with Gasteiger partial charge < -0.3 is 14.5 Å². The van der Waals surface area contributed by atoms with Gasteiger partial charge in [0.05, 0.1) is 0 Å². The normalized spacial score (nSPS) is 15.5. The molecule has 1 aromatic heterocycles. The summed E-state index contributed by atoms with van der Waals surface area (Å²) in [5, 5.41) is 3.32. The van der Waals surface area contributed by atoms with Crippen molar-refractivity contribution in [1.29, 1.82) is 0 Å². The quantitative estimate of drug-likeness (QED) is 0.835. The molecule has 0 N–H and O–H groups in total. The number of nitrogens with zero attached hydrogens (tertiary/aromatic N) is 3. The Labute approximate surface area is 150 Å². The second kappa shape index (κ2) is 7.51. The molecule has 0 aliphatic carbocycles. The minimum atomic E-state index is 0.00735. The van der Waals surface area contributed by atoms with E-state index in [9.17, 15) is 4.79 Å². The number of hydrogen-bond donors (Lipinski definition) is 0. The third-order valence-corrected chi connectivity index (χ3v) is 5.30. The molecule has 2 heterocycles. The summed E-state index contributed by atoms with van der Waals surface area (Å²) in [7, 11) is 2.07. The summed E-state index contributed by atoms with van der Waals surface area (Å²) in [6, 6.07) is 5.54. The molecule has 1 fully saturated rings. The topological polar surface area (TPSA) is 45.7 Å². The third kappa shape index (κ3) is 4.06. The largest absolute Gasteiger partial charge is 0.486 e. The maximum atomic E-state index is 12.5. The van der Waals surface area contributed by atoms with Gasteiger partial charge in [0.1, 0.15) is 23.1 Å². The molecule has 1 saturated heterocycles. The number of aryl methyl sites for hydroxylation is 1. The molecule has 0 atom stereocenters. The van der Waals surface area contributed by atoms with Crippen LogP contribution in [0.3, 0.4) is 0 Å². The van der Waals surface area contributed by atoms with Crippen LogP contribution in [0.25, 0.3) is 0 Å². The van der Waals surface area contributed by atoms with Crippen LogP contribution in [-0.2, 0) is 6.61 Å². The van der Waals surface area contributed by atoms with Gasteiger partial charge in [-0.25, -0.2) is 4.98 Å². The first kappa shape index (κ1) is 17.2. The maximum Gasteiger partial charge on any atom is 0.273 e. The highest BCUT2D eigenvalue weighted by atomic mass is 35.5. The second-order valence-corrected chi connectivity index (χ2v) is 7.27. The SMILES string of the molecule is Cc1cc(OCc2nc(C(=O)N3CCN(C)CC3)cs2)ccc1Cl. The predicted molar refractivity (Wildman–Crippen MR) is 96.0 cm³/mol. The van der Waals surface area contributed by atoms with Gasteiger partial charge in [0, 0.05) is 36.6 Å². The van der Waals surface area contributed by atoms with Crippen LogP contribution in [-0.4, -0.2) is 53.9 Å². The first-order valence-corrected chi connectivity index (χ1v) is 9.10. The molecule has 3 rings (SSSR count). The summed E-state index contributed by atoms with van der Waals surface area (Å²) in [6.07, 6.45) is 0. The number of piperazine rings is 1. The van der Waals surface area contributed by atoms with Gasteiger partial charge in [-0.1, -0.05) is 11.6 Å². The molecule has 5 nitrogen and oxygen atoms in total. The molecule has 24 heavy (non-hydrogen) atoms. The van der Waals surface area contributed by atoms with Crippen molar-refractivity contribution in [2.24, 2.45) is 0 Å². The van der Waals surface area contributed by atoms with Crippen molar-refractivity contribution in [3.8, 4) is 5.75 Å². The fraction of sp³-hybridized carbons (Fsp3) is 0.412. The maximum absolute atomic E-state index is 12.5. The Morgan fingerprint density at radius 1 is 1.33 bits per heavy atom. The van der Waals surface area contributed by atoms with Crippen LogP contribution < -0.4 is 4.74 Å². The zero-order valence-electron chi connectivity index (χ0n) is 13.8. The van der Waals surface area contributed by atoms with Gasteiger partial charge in [0.15, 0.2) is 0 Å². The number of aromatic nitrogens is 1. The van der Waals surface area contributed by atoms with Crippen LogP contribution in [0.15, 0.2) is 23.6 Å². The molecule has 7 heteroatoms. The zero-order valence-corrected chi connectivity index (χ0v) is 15.4. The molecule has 0 unspecified atom stereocenters. The van der Waals surface area contributed by atoms with E-state index in [-0.39, 0.29) is 5.91 Å². The molecule has 1 aliphatic heterocycles. The average molecular weight is 366 g/mol. The fourth-order valence-corrected chi connectivity index (χ4v) is 3.30. The van der Waals surface area contributed by atoms with E-state index in [4.69, 9.17) is 16.3 Å². The van der Waals surface area contributed by atoms with Gasteiger partial charge in [-0.15, -0.1) is 11.3 Å². The monoisotopic (exact) mass is 365 g/mol. The number of ether oxygens (including phenoxy) is 1. The summed E-state index contributed by atoms with van der Waals surface area (Å²) >= 11 is 7.46. The summed E-state index contributed by atoms with van der Waals surface area (Å²) in [6.45, 7) is 5.60. The number of thiazole rings is 1. The first-order chi connectivity index (χ1) is 11.5. The number of carbonyl (C=O) groups excluding carboxylic acids is 1. The molecule has 0 spiro atoms. The van der Waals surface area contributed by atoms with Crippen molar-refractivity contribution in [2.75, 3.05) is 33.2 Å². The number of carbonyl (C=O) groups is 1. The van der Waals surface area contributed by atoms with Crippen molar-refractivity contribution in [2.45, 2.75) is 13.5 Å². The van der Waals surface area contributed by atoms with Crippen LogP contribution in [0.2, 0.25) is 5.02 Å². The molecule has 2 aromatic rings. The van der Waals surface area contributed by atoms with E-state index in [1.54, 1.807) is 0 Å². The molecule has 1 aromatic carbocycles. The molecular formula is C17H20ClN3O2S. The minimum Gasteiger partial charge on any atom is -0.486 e. The number of amides is 1. The standard InChI is InChI=1S/C17H20ClN3O2S/c1-12-9-13(3-4-14(12)18)23-10-16-19-15(11-24-16)17(22)21-7-5-20(2)6-8-21/h3-4,9,11H,5-8,10H2,1-2H3. The minimum absolute atomic E-state index is 0.00735. The van der Waals surface area contributed by atoms with E-state index in [1.165, 1.54) is 11.3 Å². The molecule has 1 aliphatic rings. The van der Waals surface area contributed by atoms with E-state index in [1.807, 2.05) is 35.4 Å². The molecular weight excluding hydrogens is 346 g/mol. The summed E-state index contributed by atoms with van der Waals surface area (Å²) in [5.74, 6) is 0.756. The predicted octanol–water partition coefficient (Wildman–Crippen LogP) is 3.07. The fourth-order valence-electron chi connectivity index (χ4n) is 2.50. The lowest BCUT2D eigenvalue weighted by Gasteiger charge is -2.31. The van der Waals surface area contributed by atoms with E-state index < -0.39 is 0 Å².